The number of nitrogens with zero attached hydrogens (tertiary/aromatic N) is 2. The first-order valence-corrected chi connectivity index (χ1v) is 7.47. The van der Waals surface area contributed by atoms with E-state index >= 15 is 0 Å². The van der Waals surface area contributed by atoms with Crippen molar-refractivity contribution < 1.29 is 18.3 Å². The number of rotatable bonds is 2. The maximum atomic E-state index is 13.6. The van der Waals surface area contributed by atoms with Gasteiger partial charge in [-0.3, -0.25) is 0 Å². The van der Waals surface area contributed by atoms with Crippen LogP contribution in [0.5, 0.6) is 0 Å². The first-order valence-electron chi connectivity index (χ1n) is 7.47. The molecule has 0 radical (unpaired) electrons. The molecule has 1 amide bonds. The zero-order valence-corrected chi connectivity index (χ0v) is 12.5. The van der Waals surface area contributed by atoms with Crippen LogP contribution < -0.4 is 0 Å². The average molecular weight is 318 g/mol. The minimum Gasteiger partial charge on any atom is -0.419 e. The Labute approximate surface area is 133 Å². The fourth-order valence-corrected chi connectivity index (χ4v) is 3.90. The Morgan fingerprint density at radius 3 is 2.35 bits per heavy atom. The Morgan fingerprint density at radius 2 is 1.87 bits per heavy atom. The third-order valence-corrected chi connectivity index (χ3v) is 4.81. The Morgan fingerprint density at radius 1 is 1.30 bits per heavy atom. The van der Waals surface area contributed by atoms with Gasteiger partial charge in [-0.15, -0.1) is 0 Å². The predicted octanol–water partition coefficient (Wildman–Crippen LogP) is 3.63. The van der Waals surface area contributed by atoms with Crippen molar-refractivity contribution in [3.8, 4) is 6.07 Å². The number of carbonyl (C=O) groups is 1. The van der Waals surface area contributed by atoms with Crippen LogP contribution in [0.15, 0.2) is 31.0 Å². The van der Waals surface area contributed by atoms with E-state index < -0.39 is 23.1 Å². The lowest BCUT2D eigenvalue weighted by Gasteiger charge is -2.42. The van der Waals surface area contributed by atoms with Crippen LogP contribution in [-0.4, -0.2) is 23.1 Å². The summed E-state index contributed by atoms with van der Waals surface area (Å²) in [6, 6.07) is 5.12. The van der Waals surface area contributed by atoms with Gasteiger partial charge in [0, 0.05) is 18.2 Å². The molecule has 3 rings (SSSR count). The monoisotopic (exact) mass is 318 g/mol. The topological polar surface area (TPSA) is 53.3 Å². The van der Waals surface area contributed by atoms with Crippen molar-refractivity contribution in [3.05, 3.63) is 48.2 Å². The van der Waals surface area contributed by atoms with Crippen LogP contribution in [0.3, 0.4) is 0 Å². The van der Waals surface area contributed by atoms with Gasteiger partial charge in [-0.1, -0.05) is 6.58 Å². The van der Waals surface area contributed by atoms with Gasteiger partial charge in [-0.05, 0) is 43.4 Å². The van der Waals surface area contributed by atoms with Crippen molar-refractivity contribution in [3.63, 3.8) is 0 Å². The van der Waals surface area contributed by atoms with Gasteiger partial charge in [0.05, 0.1) is 17.7 Å². The molecular formula is C17H16F2N2O2. The number of amides is 1. The molecule has 0 saturated carbocycles. The lowest BCUT2D eigenvalue weighted by atomic mass is 9.71. The number of hydrogen-bond acceptors (Lipinski definition) is 3. The van der Waals surface area contributed by atoms with Crippen LogP contribution in [-0.2, 0) is 10.2 Å². The number of nitriles is 1. The molecule has 1 aromatic rings. The van der Waals surface area contributed by atoms with E-state index in [9.17, 15) is 18.8 Å². The highest BCUT2D eigenvalue weighted by atomic mass is 19.1. The second-order valence-corrected chi connectivity index (χ2v) is 6.10. The van der Waals surface area contributed by atoms with Crippen molar-refractivity contribution in [2.24, 2.45) is 0 Å². The Hall–Kier alpha value is -2.42. The summed E-state index contributed by atoms with van der Waals surface area (Å²) in [6.45, 7) is 3.37. The second kappa shape index (κ2) is 5.65. The lowest BCUT2D eigenvalue weighted by Crippen LogP contribution is -2.51. The van der Waals surface area contributed by atoms with Gasteiger partial charge >= 0.3 is 6.09 Å². The summed E-state index contributed by atoms with van der Waals surface area (Å²) in [5.74, 6) is -1.40. The van der Waals surface area contributed by atoms with Crippen molar-refractivity contribution in [2.45, 2.75) is 43.2 Å². The molecule has 2 atom stereocenters. The van der Waals surface area contributed by atoms with Gasteiger partial charge in [0.25, 0.3) is 0 Å². The molecule has 0 aliphatic carbocycles. The second-order valence-electron chi connectivity index (χ2n) is 6.10. The highest BCUT2D eigenvalue weighted by Crippen LogP contribution is 2.47. The van der Waals surface area contributed by atoms with Crippen molar-refractivity contribution >= 4 is 6.09 Å². The summed E-state index contributed by atoms with van der Waals surface area (Å²) >= 11 is 0. The number of piperidine rings is 1. The Kier molecular flexibility index (Phi) is 3.80. The summed E-state index contributed by atoms with van der Waals surface area (Å²) < 4.78 is 32.0. The SMILES string of the molecule is C=COC(=O)N1C2CCC1CC(C#N)(c1cc(F)cc(F)c1)C2. The van der Waals surface area contributed by atoms with Crippen LogP contribution >= 0.6 is 0 Å². The quantitative estimate of drug-likeness (QED) is 0.782. The molecule has 1 aromatic carbocycles. The molecule has 2 heterocycles. The fourth-order valence-electron chi connectivity index (χ4n) is 3.90. The van der Waals surface area contributed by atoms with Crippen LogP contribution in [0.25, 0.3) is 0 Å². The third-order valence-electron chi connectivity index (χ3n) is 4.81. The zero-order chi connectivity index (χ0) is 16.6. The van der Waals surface area contributed by atoms with Crippen molar-refractivity contribution in [1.82, 2.24) is 4.90 Å². The van der Waals surface area contributed by atoms with E-state index in [1.54, 1.807) is 4.90 Å². The molecule has 23 heavy (non-hydrogen) atoms. The molecule has 2 aliphatic heterocycles. The summed E-state index contributed by atoms with van der Waals surface area (Å²) in [4.78, 5) is 13.7. The zero-order valence-electron chi connectivity index (χ0n) is 12.5. The number of fused-ring (bicyclic) bond motifs is 2. The van der Waals surface area contributed by atoms with Gasteiger partial charge in [0.15, 0.2) is 0 Å². The Balaban J connectivity index is 1.94. The van der Waals surface area contributed by atoms with Gasteiger partial charge in [0.1, 0.15) is 11.6 Å². The van der Waals surface area contributed by atoms with Crippen LogP contribution in [0.1, 0.15) is 31.2 Å². The summed E-state index contributed by atoms with van der Waals surface area (Å²) in [6.07, 6.45) is 2.78. The van der Waals surface area contributed by atoms with Gasteiger partial charge in [-0.2, -0.15) is 5.26 Å². The van der Waals surface area contributed by atoms with Crippen LogP contribution in [0.2, 0.25) is 0 Å². The highest BCUT2D eigenvalue weighted by molar-refractivity contribution is 5.70. The normalized spacial score (nSPS) is 29.0. The van der Waals surface area contributed by atoms with Crippen LogP contribution in [0.4, 0.5) is 13.6 Å². The number of benzene rings is 1. The summed E-state index contributed by atoms with van der Waals surface area (Å²) in [5, 5.41) is 9.72. The molecular weight excluding hydrogens is 302 g/mol. The molecule has 0 spiro atoms. The number of carbonyl (C=O) groups excluding carboxylic acids is 1. The van der Waals surface area contributed by atoms with Crippen molar-refractivity contribution in [1.29, 1.82) is 5.26 Å². The maximum Gasteiger partial charge on any atom is 0.415 e. The Bertz CT molecular complexity index is 664. The minimum atomic E-state index is -0.986. The molecule has 2 bridgehead atoms. The molecule has 120 valence electrons. The molecule has 0 N–H and O–H groups in total. The van der Waals surface area contributed by atoms with Gasteiger partial charge in [-0.25, -0.2) is 13.6 Å². The first-order chi connectivity index (χ1) is 11.0. The smallest absolute Gasteiger partial charge is 0.415 e. The molecule has 4 nitrogen and oxygen atoms in total. The van der Waals surface area contributed by atoms with Crippen LogP contribution in [0, 0.1) is 23.0 Å². The van der Waals surface area contributed by atoms with E-state index in [1.807, 2.05) is 0 Å². The fraction of sp³-hybridized carbons (Fsp3) is 0.412. The summed E-state index contributed by atoms with van der Waals surface area (Å²) in [7, 11) is 0. The van der Waals surface area contributed by atoms with Gasteiger partial charge in [0.2, 0.25) is 0 Å². The third kappa shape index (κ3) is 2.56. The molecule has 2 fully saturated rings. The highest BCUT2D eigenvalue weighted by Gasteiger charge is 2.51. The molecule has 0 aromatic heterocycles. The average Bonchev–Trinajstić information content (AvgIpc) is 2.78. The number of ether oxygens (including phenoxy) is 1. The number of halogens is 2. The maximum absolute atomic E-state index is 13.6. The summed E-state index contributed by atoms with van der Waals surface area (Å²) in [5.41, 5.74) is -0.647. The molecule has 2 aliphatic rings. The number of hydrogen-bond donors (Lipinski definition) is 0. The first kappa shape index (κ1) is 15.5. The molecule has 2 unspecified atom stereocenters. The standard InChI is InChI=1S/C17H16F2N2O2/c1-2-23-16(22)21-14-3-4-15(21)9-17(8-14,10-20)11-5-12(18)7-13(19)6-11/h2,5-7,14-15H,1,3-4,8-9H2. The molecule has 6 heteroatoms. The van der Waals surface area contributed by atoms with E-state index in [1.165, 1.54) is 12.1 Å². The van der Waals surface area contributed by atoms with Gasteiger partial charge < -0.3 is 9.64 Å². The van der Waals surface area contributed by atoms with Crippen molar-refractivity contribution in [2.75, 3.05) is 0 Å². The lowest BCUT2D eigenvalue weighted by molar-refractivity contribution is 0.0807. The van der Waals surface area contributed by atoms with E-state index in [0.29, 0.717) is 18.4 Å². The minimum absolute atomic E-state index is 0.174. The van der Waals surface area contributed by atoms with E-state index in [0.717, 1.165) is 25.2 Å². The largest absolute Gasteiger partial charge is 0.419 e. The predicted molar refractivity (Wildman–Crippen MR) is 78.2 cm³/mol. The van der Waals surface area contributed by atoms with E-state index in [2.05, 4.69) is 12.6 Å². The van der Waals surface area contributed by atoms with E-state index in [4.69, 9.17) is 4.74 Å². The molecule has 2 saturated heterocycles. The van der Waals surface area contributed by atoms with E-state index in [-0.39, 0.29) is 12.1 Å².